The minimum Gasteiger partial charge on any atom is -0.486 e. The number of hydrogen-bond donors (Lipinski definition) is 4. The molecule has 23 heteroatoms. The molecule has 6 unspecified atom stereocenters. The molecule has 1 saturated heterocycles. The number of allylic oxidation sites excluding steroid dienone is 1. The number of aromatic nitrogens is 4. The Morgan fingerprint density at radius 2 is 1.69 bits per heavy atom. The fourth-order valence-electron chi connectivity index (χ4n) is 10.6. The van der Waals surface area contributed by atoms with Gasteiger partial charge in [-0.2, -0.15) is 33.4 Å². The summed E-state index contributed by atoms with van der Waals surface area (Å²) in [7, 11) is 1.54. The molecule has 0 spiro atoms. The minimum atomic E-state index is -4.91. The summed E-state index contributed by atoms with van der Waals surface area (Å²) in [5.74, 6) is -1.86. The number of aromatic amines is 1. The van der Waals surface area contributed by atoms with E-state index >= 15 is 17.6 Å². The lowest BCUT2D eigenvalue weighted by molar-refractivity contribution is -0.137. The van der Waals surface area contributed by atoms with Crippen LogP contribution in [0.5, 0.6) is 11.8 Å². The number of H-pyrrole nitrogens is 1. The molecule has 0 radical (unpaired) electrons. The normalized spacial score (nSPS) is 19.5. The molecule has 0 saturated carbocycles. The number of amides is 2. The predicted octanol–water partition coefficient (Wildman–Crippen LogP) is 11.2. The van der Waals surface area contributed by atoms with Crippen LogP contribution in [0.25, 0.3) is 44.1 Å². The van der Waals surface area contributed by atoms with Crippen LogP contribution in [0.1, 0.15) is 83.5 Å². The van der Waals surface area contributed by atoms with Crippen LogP contribution < -0.4 is 25.4 Å². The predicted molar refractivity (Wildman–Crippen MR) is 313 cm³/mol. The third-order valence-corrected chi connectivity index (χ3v) is 15.7. The molecule has 7 atom stereocenters. The number of carbonyl (C=O) groups excluding carboxylic acids is 2. The van der Waals surface area contributed by atoms with Crippen LogP contribution in [0.3, 0.4) is 0 Å². The van der Waals surface area contributed by atoms with Crippen LogP contribution >= 0.6 is 0 Å². The molecule has 6 aromatic rings. The zero-order valence-electron chi connectivity index (χ0n) is 48.8. The second kappa shape index (κ2) is 27.9. The number of ether oxygens (including phenoxy) is 3. The average Bonchev–Trinajstić information content (AvgIpc) is 1.55. The molecular weight excluding hydrogens is 1110 g/mol. The van der Waals surface area contributed by atoms with Crippen molar-refractivity contribution in [2.24, 2.45) is 27.9 Å². The molecule has 17 nitrogen and oxygen atoms in total. The monoisotopic (exact) mass is 1180 g/mol. The van der Waals surface area contributed by atoms with Gasteiger partial charge >= 0.3 is 12.2 Å². The highest BCUT2D eigenvalue weighted by Crippen LogP contribution is 2.51. The van der Waals surface area contributed by atoms with E-state index in [1.165, 1.54) is 49.4 Å². The van der Waals surface area contributed by atoms with Crippen LogP contribution in [0, 0.1) is 36.2 Å². The molecule has 3 aliphatic heterocycles. The maximum atomic E-state index is 15.6. The molecule has 5 N–H and O–H groups in total. The molecule has 454 valence electrons. The van der Waals surface area contributed by atoms with Crippen molar-refractivity contribution in [2.75, 3.05) is 58.0 Å². The van der Waals surface area contributed by atoms with E-state index < -0.39 is 47.3 Å². The number of fused-ring (bicyclic) bond motifs is 2. The number of benzene rings is 4. The van der Waals surface area contributed by atoms with Gasteiger partial charge in [-0.15, -0.1) is 0 Å². The van der Waals surface area contributed by atoms with Gasteiger partial charge in [-0.25, -0.2) is 13.2 Å². The molecule has 4 aliphatic rings. The zero-order chi connectivity index (χ0) is 61.3. The van der Waals surface area contributed by atoms with Crippen molar-refractivity contribution in [3.05, 3.63) is 131 Å². The number of methoxy groups -OCH3 is 1. The number of halogens is 6. The van der Waals surface area contributed by atoms with Crippen molar-refractivity contribution < 1.29 is 55.2 Å². The number of carbonyl (C=O) groups is 2. The summed E-state index contributed by atoms with van der Waals surface area (Å²) in [5.41, 5.74) is 6.72. The highest BCUT2D eigenvalue weighted by Gasteiger charge is 2.40. The second-order valence-corrected chi connectivity index (χ2v) is 21.6. The van der Waals surface area contributed by atoms with E-state index in [-0.39, 0.29) is 118 Å². The van der Waals surface area contributed by atoms with Crippen molar-refractivity contribution in [1.82, 2.24) is 35.4 Å². The summed E-state index contributed by atoms with van der Waals surface area (Å²) >= 11 is 0. The van der Waals surface area contributed by atoms with E-state index in [4.69, 9.17) is 24.9 Å². The third-order valence-electron chi connectivity index (χ3n) is 15.7. The maximum Gasteiger partial charge on any atom is 0.417 e. The van der Waals surface area contributed by atoms with E-state index in [2.05, 4.69) is 57.7 Å². The number of rotatable bonds is 18. The molecule has 85 heavy (non-hydrogen) atoms. The van der Waals surface area contributed by atoms with E-state index in [1.807, 2.05) is 43.2 Å². The minimum absolute atomic E-state index is 0.00779. The Morgan fingerprint density at radius 3 is 2.34 bits per heavy atom. The van der Waals surface area contributed by atoms with Gasteiger partial charge in [0.1, 0.15) is 48.0 Å². The zero-order valence-corrected chi connectivity index (χ0v) is 48.8. The number of hydrogen-bond acceptors (Lipinski definition) is 14. The summed E-state index contributed by atoms with van der Waals surface area (Å²) in [6.07, 6.45) is 8.41. The Morgan fingerprint density at radius 1 is 0.953 bits per heavy atom. The van der Waals surface area contributed by atoms with Gasteiger partial charge in [0.2, 0.25) is 12.3 Å². The lowest BCUT2D eigenvalue weighted by Gasteiger charge is -2.30. The Labute approximate surface area is 490 Å². The summed E-state index contributed by atoms with van der Waals surface area (Å²) in [5, 5.41) is 30.5. The SMILES string of the molecule is CC.CO[C@@H](C)COc1nc(N2CC=CC(N)C2)c2cc(C(F)(F)F)c(-c3c(C)c(F)cc4[nH]ncc34)c(OCC3=CCC(C4CN(C(C)C(C)C)N=N4)C=C3)c2n1.O=CN1CCCC1C(=O)NC(CO)c1ccc(-c2c(F)cccc2F)cc1. The first kappa shape index (κ1) is 63.1. The lowest BCUT2D eigenvalue weighted by Crippen LogP contribution is -2.44. The Balaban J connectivity index is 0.000000271. The highest BCUT2D eigenvalue weighted by atomic mass is 19.4. The maximum absolute atomic E-state index is 15.6. The van der Waals surface area contributed by atoms with Crippen molar-refractivity contribution in [3.8, 4) is 34.0 Å². The quantitative estimate of drug-likeness (QED) is 0.0360. The fourth-order valence-corrected chi connectivity index (χ4v) is 10.6. The van der Waals surface area contributed by atoms with Crippen LogP contribution in [-0.2, 0) is 20.5 Å². The summed E-state index contributed by atoms with van der Waals surface area (Å²) in [6.45, 7) is 15.1. The van der Waals surface area contributed by atoms with Crippen LogP contribution in [0.15, 0.2) is 107 Å². The number of likely N-dealkylation sites (tertiary alicyclic amines) is 1. The number of nitrogens with one attached hydrogen (secondary N) is 2. The molecule has 2 aromatic heterocycles. The van der Waals surface area contributed by atoms with Crippen LogP contribution in [-0.4, -0.2) is 131 Å². The standard InChI is InChI=1S/C40H47F4N9O3.C20H20F2N2O3.C2H6/c1-21(2)24(5)53-18-33(50-51-53)26-11-9-25(10-12-26)20-55-37-35(34-23(4)31(41)15-32-29(34)16-46-49-32)30(40(42,43)44)14-28-36(37)47-39(56-19-22(3)54-6)48-38(28)52-13-7-8-27(45)17-52;21-15-3-1-4-16(22)19(15)14-8-6-13(7-9-14)17(11-25)23-20(27)18-5-2-10-24(18)12-26;1-2/h7-11,14-16,21-22,24,26-27,33H,12-13,17-20,45H2,1-6H3,(H,46,49);1,3-4,6-9,12,17-18,25H,2,5,10-11H2,(H,23,27);1-2H3/t22-,24?,26?,27?,33?;;/m0../s1. The Kier molecular flexibility index (Phi) is 20.7. The van der Waals surface area contributed by atoms with E-state index in [0.29, 0.717) is 55.9 Å². The summed E-state index contributed by atoms with van der Waals surface area (Å²) in [4.78, 5) is 36.0. The number of nitrogens with two attached hydrogens (primary N) is 1. The van der Waals surface area contributed by atoms with Crippen molar-refractivity contribution in [2.45, 2.75) is 110 Å². The van der Waals surface area contributed by atoms with Crippen LogP contribution in [0.2, 0.25) is 0 Å². The Hall–Kier alpha value is -7.89. The fraction of sp³-hybridized carbons (Fsp3) is 0.435. The third kappa shape index (κ3) is 14.3. The van der Waals surface area contributed by atoms with Gasteiger partial charge in [0.25, 0.3) is 0 Å². The summed E-state index contributed by atoms with van der Waals surface area (Å²) in [6, 6.07) is 10.7. The van der Waals surface area contributed by atoms with Gasteiger partial charge in [-0.3, -0.25) is 19.7 Å². The first-order chi connectivity index (χ1) is 40.8. The second-order valence-electron chi connectivity index (χ2n) is 21.6. The lowest BCUT2D eigenvalue weighted by atomic mass is 9.89. The molecule has 2 amide bonds. The van der Waals surface area contributed by atoms with Gasteiger partial charge in [-0.1, -0.05) is 93.6 Å². The first-order valence-electron chi connectivity index (χ1n) is 28.5. The highest BCUT2D eigenvalue weighted by molar-refractivity contribution is 6.06. The summed E-state index contributed by atoms with van der Waals surface area (Å²) < 4.78 is 108. The molecule has 4 aromatic carbocycles. The molecule has 0 bridgehead atoms. The molecule has 1 aliphatic carbocycles. The number of nitrogens with zero attached hydrogens (tertiary/aromatic N) is 8. The number of anilines is 1. The number of alkyl halides is 3. The van der Waals surface area contributed by atoms with Gasteiger partial charge in [-0.05, 0) is 92.5 Å². The molecular formula is C62H73F6N11O6. The first-order valence-corrected chi connectivity index (χ1v) is 28.5. The van der Waals surface area contributed by atoms with E-state index in [1.54, 1.807) is 36.1 Å². The van der Waals surface area contributed by atoms with Crippen LogP contribution in [0.4, 0.5) is 32.2 Å². The van der Waals surface area contributed by atoms with Crippen molar-refractivity contribution >= 4 is 39.9 Å². The molecule has 10 rings (SSSR count). The number of aliphatic hydroxyl groups is 1. The van der Waals surface area contributed by atoms with Gasteiger partial charge < -0.3 is 40.2 Å². The molecule has 5 heterocycles. The van der Waals surface area contributed by atoms with Crippen molar-refractivity contribution in [3.63, 3.8) is 0 Å². The molecule has 1 fully saturated rings. The largest absolute Gasteiger partial charge is 0.486 e. The number of aliphatic hydroxyl groups excluding tert-OH is 1. The van der Waals surface area contributed by atoms with Gasteiger partial charge in [0, 0.05) is 66.6 Å². The average molecular weight is 1180 g/mol. The smallest absolute Gasteiger partial charge is 0.417 e. The Bertz CT molecular complexity index is 3430. The van der Waals surface area contributed by atoms with E-state index in [0.717, 1.165) is 18.1 Å². The van der Waals surface area contributed by atoms with Crippen molar-refractivity contribution in [1.29, 1.82) is 0 Å². The topological polar surface area (TPSA) is 209 Å². The van der Waals surface area contributed by atoms with Gasteiger partial charge in [0.15, 0.2) is 5.75 Å². The van der Waals surface area contributed by atoms with Gasteiger partial charge in [0.05, 0.1) is 54.2 Å². The van der Waals surface area contributed by atoms with E-state index in [9.17, 15) is 23.5 Å².